The van der Waals surface area contributed by atoms with Crippen LogP contribution in [0.3, 0.4) is 0 Å². The van der Waals surface area contributed by atoms with Crippen LogP contribution in [0, 0.1) is 0 Å². The highest BCUT2D eigenvalue weighted by molar-refractivity contribution is 5.81. The molecule has 0 saturated carbocycles. The lowest BCUT2D eigenvalue weighted by molar-refractivity contribution is -0.162. The molecule has 2 aromatic carbocycles. The molecule has 1 aliphatic heterocycles. The van der Waals surface area contributed by atoms with Crippen LogP contribution in [-0.4, -0.2) is 54.5 Å². The molecule has 4 rings (SSSR count). The third kappa shape index (κ3) is 5.15. The van der Waals surface area contributed by atoms with Crippen LogP contribution in [0.25, 0.3) is 11.1 Å². The minimum atomic E-state index is -1.19. The molecule has 1 aliphatic carbocycles. The average molecular weight is 454 g/mol. The molecule has 2 amide bonds. The van der Waals surface area contributed by atoms with E-state index < -0.39 is 30.2 Å². The zero-order valence-corrected chi connectivity index (χ0v) is 18.2. The van der Waals surface area contributed by atoms with Gasteiger partial charge in [-0.3, -0.25) is 9.63 Å². The number of benzene rings is 2. The lowest BCUT2D eigenvalue weighted by Crippen LogP contribution is -2.39. The molecule has 9 heteroatoms. The highest BCUT2D eigenvalue weighted by Crippen LogP contribution is 2.44. The predicted octanol–water partition coefficient (Wildman–Crippen LogP) is 2.59. The summed E-state index contributed by atoms with van der Waals surface area (Å²) in [6, 6.07) is 16.2. The molecule has 3 atom stereocenters. The first-order valence-electron chi connectivity index (χ1n) is 10.9. The molecule has 0 aromatic heterocycles. The molecule has 0 bridgehead atoms. The number of carboxylic acid groups (broad SMARTS) is 1. The van der Waals surface area contributed by atoms with Gasteiger partial charge in [-0.1, -0.05) is 48.5 Å². The summed E-state index contributed by atoms with van der Waals surface area (Å²) >= 11 is 0. The van der Waals surface area contributed by atoms with Crippen LogP contribution in [0.4, 0.5) is 4.79 Å². The normalized spacial score (nSPS) is 19.9. The van der Waals surface area contributed by atoms with Gasteiger partial charge >= 0.3 is 12.1 Å². The third-order valence-electron chi connectivity index (χ3n) is 5.90. The van der Waals surface area contributed by atoms with E-state index in [4.69, 9.17) is 19.4 Å². The number of rotatable bonds is 8. The molecule has 1 fully saturated rings. The molecule has 33 heavy (non-hydrogen) atoms. The summed E-state index contributed by atoms with van der Waals surface area (Å²) in [5.74, 6) is -1.76. The van der Waals surface area contributed by atoms with Crippen LogP contribution in [0.2, 0.25) is 0 Å². The first kappa shape index (κ1) is 22.8. The van der Waals surface area contributed by atoms with Gasteiger partial charge in [0.25, 0.3) is 5.91 Å². The van der Waals surface area contributed by atoms with Crippen molar-refractivity contribution in [3.8, 4) is 11.1 Å². The van der Waals surface area contributed by atoms with Gasteiger partial charge in [0, 0.05) is 12.5 Å². The van der Waals surface area contributed by atoms with E-state index in [1.807, 2.05) is 24.3 Å². The molecule has 0 radical (unpaired) electrons. The van der Waals surface area contributed by atoms with Crippen molar-refractivity contribution >= 4 is 18.0 Å². The molecular formula is C24H26N2O7. The van der Waals surface area contributed by atoms with Crippen LogP contribution in [0.5, 0.6) is 0 Å². The molecule has 3 unspecified atom stereocenters. The Bertz CT molecular complexity index is 995. The summed E-state index contributed by atoms with van der Waals surface area (Å²) < 4.78 is 11.1. The minimum absolute atomic E-state index is 0.0212. The Hall–Kier alpha value is -3.43. The Labute approximate surface area is 191 Å². The SMILES string of the molecule is CC(ONC(=O)C1CCC(CNC(=O)OCC2c3ccccc3-c3ccccc32)O1)C(=O)O. The van der Waals surface area contributed by atoms with Crippen molar-refractivity contribution in [2.45, 2.75) is 44.0 Å². The van der Waals surface area contributed by atoms with E-state index >= 15 is 0 Å². The molecule has 9 nitrogen and oxygen atoms in total. The lowest BCUT2D eigenvalue weighted by Gasteiger charge is -2.17. The van der Waals surface area contributed by atoms with Gasteiger partial charge in [0.15, 0.2) is 6.10 Å². The van der Waals surface area contributed by atoms with Crippen molar-refractivity contribution in [1.82, 2.24) is 10.8 Å². The van der Waals surface area contributed by atoms with Gasteiger partial charge in [0.1, 0.15) is 12.7 Å². The van der Waals surface area contributed by atoms with Crippen LogP contribution in [-0.2, 0) is 23.9 Å². The van der Waals surface area contributed by atoms with Gasteiger partial charge in [-0.25, -0.2) is 15.1 Å². The summed E-state index contributed by atoms with van der Waals surface area (Å²) in [7, 11) is 0. The molecule has 3 N–H and O–H groups in total. The van der Waals surface area contributed by atoms with E-state index in [2.05, 4.69) is 35.1 Å². The lowest BCUT2D eigenvalue weighted by atomic mass is 9.98. The number of aliphatic carboxylic acids is 1. The fourth-order valence-corrected chi connectivity index (χ4v) is 4.16. The van der Waals surface area contributed by atoms with Gasteiger partial charge in [-0.2, -0.15) is 0 Å². The number of hydrogen-bond donors (Lipinski definition) is 3. The van der Waals surface area contributed by atoms with E-state index in [0.717, 1.165) is 22.3 Å². The van der Waals surface area contributed by atoms with Crippen LogP contribution in [0.15, 0.2) is 48.5 Å². The molecule has 1 saturated heterocycles. The number of fused-ring (bicyclic) bond motifs is 3. The van der Waals surface area contributed by atoms with Crippen LogP contribution >= 0.6 is 0 Å². The van der Waals surface area contributed by atoms with Crippen molar-refractivity contribution in [3.63, 3.8) is 0 Å². The van der Waals surface area contributed by atoms with E-state index in [0.29, 0.717) is 12.8 Å². The fraction of sp³-hybridized carbons (Fsp3) is 0.375. The number of hydroxylamine groups is 1. The Morgan fingerprint density at radius 1 is 1.06 bits per heavy atom. The Morgan fingerprint density at radius 3 is 2.33 bits per heavy atom. The summed E-state index contributed by atoms with van der Waals surface area (Å²) in [6.07, 6.45) is -1.82. The van der Waals surface area contributed by atoms with Gasteiger partial charge in [0.2, 0.25) is 0 Å². The van der Waals surface area contributed by atoms with Crippen molar-refractivity contribution < 1.29 is 33.8 Å². The number of amides is 2. The maximum atomic E-state index is 12.3. The Balaban J connectivity index is 1.22. The van der Waals surface area contributed by atoms with Crippen LogP contribution < -0.4 is 10.8 Å². The first-order valence-corrected chi connectivity index (χ1v) is 10.9. The van der Waals surface area contributed by atoms with E-state index in [9.17, 15) is 14.4 Å². The van der Waals surface area contributed by atoms with Gasteiger partial charge in [-0.05, 0) is 42.0 Å². The Kier molecular flexibility index (Phi) is 6.90. The summed E-state index contributed by atoms with van der Waals surface area (Å²) in [5, 5.41) is 11.5. The van der Waals surface area contributed by atoms with Gasteiger partial charge in [-0.15, -0.1) is 0 Å². The monoisotopic (exact) mass is 454 g/mol. The first-order chi connectivity index (χ1) is 15.9. The highest BCUT2D eigenvalue weighted by atomic mass is 16.7. The maximum absolute atomic E-state index is 12.3. The number of ether oxygens (including phenoxy) is 2. The zero-order chi connectivity index (χ0) is 23.4. The van der Waals surface area contributed by atoms with Gasteiger partial charge < -0.3 is 19.9 Å². The number of hydrogen-bond acceptors (Lipinski definition) is 6. The minimum Gasteiger partial charge on any atom is -0.479 e. The van der Waals surface area contributed by atoms with Crippen LogP contribution in [0.1, 0.15) is 36.8 Å². The Morgan fingerprint density at radius 2 is 1.70 bits per heavy atom. The number of carbonyl (C=O) groups is 3. The summed E-state index contributed by atoms with van der Waals surface area (Å²) in [4.78, 5) is 39.8. The molecular weight excluding hydrogens is 428 g/mol. The summed E-state index contributed by atoms with van der Waals surface area (Å²) in [5.41, 5.74) is 6.70. The van der Waals surface area contributed by atoms with Crippen molar-refractivity contribution in [3.05, 3.63) is 59.7 Å². The molecule has 174 valence electrons. The second-order valence-corrected chi connectivity index (χ2v) is 8.10. The maximum Gasteiger partial charge on any atom is 0.407 e. The topological polar surface area (TPSA) is 123 Å². The van der Waals surface area contributed by atoms with Gasteiger partial charge in [0.05, 0.1) is 6.10 Å². The van der Waals surface area contributed by atoms with Crippen molar-refractivity contribution in [1.29, 1.82) is 0 Å². The van der Waals surface area contributed by atoms with E-state index in [1.54, 1.807) is 0 Å². The zero-order valence-electron chi connectivity index (χ0n) is 18.2. The molecule has 2 aromatic rings. The molecule has 0 spiro atoms. The number of nitrogens with one attached hydrogen (secondary N) is 2. The number of alkyl carbamates (subject to hydrolysis) is 1. The smallest absolute Gasteiger partial charge is 0.407 e. The highest BCUT2D eigenvalue weighted by Gasteiger charge is 2.32. The number of carboxylic acids is 1. The molecule has 1 heterocycles. The average Bonchev–Trinajstić information content (AvgIpc) is 3.42. The van der Waals surface area contributed by atoms with E-state index in [1.165, 1.54) is 6.92 Å². The summed E-state index contributed by atoms with van der Waals surface area (Å²) in [6.45, 7) is 1.72. The van der Waals surface area contributed by atoms with E-state index in [-0.39, 0.29) is 25.2 Å². The fourth-order valence-electron chi connectivity index (χ4n) is 4.16. The van der Waals surface area contributed by atoms with Crippen molar-refractivity contribution in [2.24, 2.45) is 0 Å². The standard InChI is InChI=1S/C24H26N2O7/c1-14(23(28)29)33-26-22(27)21-11-10-15(32-21)12-25-24(30)31-13-20-18-8-4-2-6-16(18)17-7-3-5-9-19(17)20/h2-9,14-15,20-21H,10-13H2,1H3,(H,25,30)(H,26,27)(H,28,29). The number of carbonyl (C=O) groups excluding carboxylic acids is 2. The molecule has 2 aliphatic rings. The second kappa shape index (κ2) is 10.0. The van der Waals surface area contributed by atoms with Crippen molar-refractivity contribution in [2.75, 3.05) is 13.2 Å². The second-order valence-electron chi connectivity index (χ2n) is 8.10. The largest absolute Gasteiger partial charge is 0.479 e. The quantitative estimate of drug-likeness (QED) is 0.524. The predicted molar refractivity (Wildman–Crippen MR) is 117 cm³/mol. The third-order valence-corrected chi connectivity index (χ3v) is 5.90.